The molecule has 0 bridgehead atoms. The third kappa shape index (κ3) is 4.19. The van der Waals surface area contributed by atoms with E-state index in [2.05, 4.69) is 48.3 Å². The minimum absolute atomic E-state index is 0.315. The number of H-pyrrole nitrogens is 1. The van der Waals surface area contributed by atoms with E-state index in [0.29, 0.717) is 12.2 Å². The molecule has 3 aromatic carbocycles. The molecule has 0 atom stereocenters. The molecule has 1 N–H and O–H groups in total. The average molecular weight is 414 g/mol. The minimum atomic E-state index is -0.315. The maximum absolute atomic E-state index is 13.1. The van der Waals surface area contributed by atoms with E-state index in [1.165, 1.54) is 5.56 Å². The van der Waals surface area contributed by atoms with Gasteiger partial charge in [-0.25, -0.2) is 4.79 Å². The largest absolute Gasteiger partial charge is 0.462 e. The highest BCUT2D eigenvalue weighted by Crippen LogP contribution is 2.43. The highest BCUT2D eigenvalue weighted by Gasteiger charge is 2.26. The number of hydrogen-bond donors (Lipinski definition) is 1. The number of aromatic nitrogens is 1. The van der Waals surface area contributed by atoms with Crippen LogP contribution in [-0.2, 0) is 4.74 Å². The summed E-state index contributed by atoms with van der Waals surface area (Å²) in [4.78, 5) is 18.6. The van der Waals surface area contributed by atoms with Gasteiger partial charge in [-0.15, -0.1) is 0 Å². The molecule has 30 heavy (non-hydrogen) atoms. The summed E-state index contributed by atoms with van der Waals surface area (Å²) >= 11 is 1.58. The lowest BCUT2D eigenvalue weighted by Crippen LogP contribution is -2.06. The van der Waals surface area contributed by atoms with E-state index >= 15 is 0 Å². The van der Waals surface area contributed by atoms with Gasteiger partial charge < -0.3 is 9.72 Å². The molecular formula is C26H23NO2S. The van der Waals surface area contributed by atoms with Gasteiger partial charge in [-0.1, -0.05) is 90.1 Å². The van der Waals surface area contributed by atoms with Gasteiger partial charge in [-0.2, -0.15) is 0 Å². The topological polar surface area (TPSA) is 42.1 Å². The second-order valence-corrected chi connectivity index (χ2v) is 8.03. The van der Waals surface area contributed by atoms with Crippen LogP contribution < -0.4 is 0 Å². The van der Waals surface area contributed by atoms with Crippen LogP contribution in [0, 0.1) is 6.92 Å². The van der Waals surface area contributed by atoms with Gasteiger partial charge in [0.15, 0.2) is 0 Å². The Hall–Kier alpha value is -3.24. The number of carbonyl (C=O) groups is 1. The number of hydrogen-bond acceptors (Lipinski definition) is 3. The van der Waals surface area contributed by atoms with E-state index in [4.69, 9.17) is 4.74 Å². The van der Waals surface area contributed by atoms with Gasteiger partial charge in [0.05, 0.1) is 28.5 Å². The van der Waals surface area contributed by atoms with Crippen LogP contribution in [0.4, 0.5) is 0 Å². The first-order valence-electron chi connectivity index (χ1n) is 9.96. The van der Waals surface area contributed by atoms with Crippen LogP contribution in [0.5, 0.6) is 0 Å². The number of carbonyl (C=O) groups excluding carboxylic acids is 1. The lowest BCUT2D eigenvalue weighted by atomic mass is 10.1. The van der Waals surface area contributed by atoms with E-state index < -0.39 is 0 Å². The Morgan fingerprint density at radius 3 is 1.97 bits per heavy atom. The van der Waals surface area contributed by atoms with Gasteiger partial charge in [0.2, 0.25) is 0 Å². The summed E-state index contributed by atoms with van der Waals surface area (Å²) in [6.45, 7) is 4.23. The summed E-state index contributed by atoms with van der Waals surface area (Å²) in [5, 5.41) is 0. The predicted molar refractivity (Wildman–Crippen MR) is 123 cm³/mol. The van der Waals surface area contributed by atoms with Crippen LogP contribution >= 0.6 is 11.8 Å². The molecule has 3 nitrogen and oxygen atoms in total. The molecule has 0 aliphatic heterocycles. The van der Waals surface area contributed by atoms with E-state index in [9.17, 15) is 4.79 Å². The summed E-state index contributed by atoms with van der Waals surface area (Å²) < 4.78 is 5.46. The van der Waals surface area contributed by atoms with Gasteiger partial charge in [0.25, 0.3) is 0 Å². The Morgan fingerprint density at radius 1 is 0.833 bits per heavy atom. The van der Waals surface area contributed by atoms with Gasteiger partial charge in [0, 0.05) is 4.90 Å². The smallest absolute Gasteiger partial charge is 0.341 e. The minimum Gasteiger partial charge on any atom is -0.462 e. The molecule has 4 aromatic rings. The number of nitrogens with one attached hydrogen (secondary N) is 1. The number of aryl methyl sites for hydroxylation is 1. The van der Waals surface area contributed by atoms with Crippen molar-refractivity contribution in [1.82, 2.24) is 4.98 Å². The Morgan fingerprint density at radius 2 is 1.40 bits per heavy atom. The molecule has 4 heteroatoms. The van der Waals surface area contributed by atoms with Crippen molar-refractivity contribution in [3.05, 3.63) is 96.1 Å². The van der Waals surface area contributed by atoms with Gasteiger partial charge in [-0.05, 0) is 37.1 Å². The molecule has 0 saturated carbocycles. The SMILES string of the molecule is CCOC(=O)c1c(-c2ccccc2)[nH]c(-c2ccccc2)c1Sc1ccc(C)cc1. The van der Waals surface area contributed by atoms with Gasteiger partial charge in [0.1, 0.15) is 0 Å². The maximum Gasteiger partial charge on any atom is 0.341 e. The van der Waals surface area contributed by atoms with Crippen molar-refractivity contribution in [2.75, 3.05) is 6.61 Å². The van der Waals surface area contributed by atoms with Crippen molar-refractivity contribution < 1.29 is 9.53 Å². The first kappa shape index (κ1) is 20.0. The third-order valence-electron chi connectivity index (χ3n) is 4.80. The molecule has 0 amide bonds. The monoisotopic (exact) mass is 413 g/mol. The fraction of sp³-hybridized carbons (Fsp3) is 0.115. The Bertz CT molecular complexity index is 1130. The fourth-order valence-corrected chi connectivity index (χ4v) is 4.40. The number of benzene rings is 3. The van der Waals surface area contributed by atoms with Crippen molar-refractivity contribution in [3.63, 3.8) is 0 Å². The highest BCUT2D eigenvalue weighted by atomic mass is 32.2. The lowest BCUT2D eigenvalue weighted by Gasteiger charge is -2.09. The van der Waals surface area contributed by atoms with Crippen molar-refractivity contribution >= 4 is 17.7 Å². The van der Waals surface area contributed by atoms with E-state index in [1.807, 2.05) is 55.5 Å². The molecule has 0 fully saturated rings. The molecule has 0 spiro atoms. The standard InChI is InChI=1S/C26H23NO2S/c1-3-29-26(28)22-23(19-10-6-4-7-11-19)27-24(20-12-8-5-9-13-20)25(22)30-21-16-14-18(2)15-17-21/h4-17,27H,3H2,1-2H3. The zero-order valence-electron chi connectivity index (χ0n) is 17.0. The summed E-state index contributed by atoms with van der Waals surface area (Å²) in [5.41, 5.74) is 5.46. The van der Waals surface area contributed by atoms with Crippen LogP contribution in [0.3, 0.4) is 0 Å². The van der Waals surface area contributed by atoms with Gasteiger partial charge in [-0.3, -0.25) is 0 Å². The van der Waals surface area contributed by atoms with E-state index in [-0.39, 0.29) is 5.97 Å². The van der Waals surface area contributed by atoms with Crippen molar-refractivity contribution in [1.29, 1.82) is 0 Å². The second-order valence-electron chi connectivity index (χ2n) is 6.95. The van der Waals surface area contributed by atoms with Crippen molar-refractivity contribution in [2.24, 2.45) is 0 Å². The predicted octanol–water partition coefficient (Wildman–Crippen LogP) is 6.99. The number of rotatable bonds is 6. The molecule has 1 heterocycles. The average Bonchev–Trinajstić information content (AvgIpc) is 3.16. The zero-order chi connectivity index (χ0) is 20.9. The zero-order valence-corrected chi connectivity index (χ0v) is 17.8. The van der Waals surface area contributed by atoms with Crippen LogP contribution in [-0.4, -0.2) is 17.6 Å². The van der Waals surface area contributed by atoms with Crippen LogP contribution in [0.1, 0.15) is 22.8 Å². The Kier molecular flexibility index (Phi) is 6.05. The Balaban J connectivity index is 1.94. The van der Waals surface area contributed by atoms with E-state index in [0.717, 1.165) is 32.3 Å². The third-order valence-corrected chi connectivity index (χ3v) is 5.92. The van der Waals surface area contributed by atoms with E-state index in [1.54, 1.807) is 11.8 Å². The summed E-state index contributed by atoms with van der Waals surface area (Å²) in [6.07, 6.45) is 0. The normalized spacial score (nSPS) is 10.7. The summed E-state index contributed by atoms with van der Waals surface area (Å²) in [5.74, 6) is -0.315. The fourth-order valence-electron chi connectivity index (χ4n) is 3.34. The lowest BCUT2D eigenvalue weighted by molar-refractivity contribution is 0.0524. The molecule has 0 radical (unpaired) electrons. The first-order chi connectivity index (χ1) is 14.7. The van der Waals surface area contributed by atoms with Gasteiger partial charge >= 0.3 is 5.97 Å². The number of esters is 1. The van der Waals surface area contributed by atoms with Crippen LogP contribution in [0.2, 0.25) is 0 Å². The van der Waals surface area contributed by atoms with Crippen molar-refractivity contribution in [3.8, 4) is 22.5 Å². The van der Waals surface area contributed by atoms with Crippen LogP contribution in [0.25, 0.3) is 22.5 Å². The van der Waals surface area contributed by atoms with Crippen molar-refractivity contribution in [2.45, 2.75) is 23.6 Å². The molecule has 150 valence electrons. The second kappa shape index (κ2) is 9.06. The summed E-state index contributed by atoms with van der Waals surface area (Å²) in [7, 11) is 0. The quantitative estimate of drug-likeness (QED) is 0.347. The number of ether oxygens (including phenoxy) is 1. The Labute approximate surface area is 181 Å². The first-order valence-corrected chi connectivity index (χ1v) is 10.8. The molecule has 1 aromatic heterocycles. The molecule has 4 rings (SSSR count). The maximum atomic E-state index is 13.1. The van der Waals surface area contributed by atoms with Crippen LogP contribution in [0.15, 0.2) is 94.7 Å². The molecule has 0 saturated heterocycles. The number of aromatic amines is 1. The molecule has 0 unspecified atom stereocenters. The highest BCUT2D eigenvalue weighted by molar-refractivity contribution is 7.99. The molecule has 0 aliphatic carbocycles. The summed E-state index contributed by atoms with van der Waals surface area (Å²) in [6, 6.07) is 28.3. The molecular weight excluding hydrogens is 390 g/mol. The molecule has 0 aliphatic rings.